The van der Waals surface area contributed by atoms with E-state index in [4.69, 9.17) is 14.2 Å². The van der Waals surface area contributed by atoms with Crippen LogP contribution in [0.25, 0.3) is 0 Å². The monoisotopic (exact) mass is 401 g/mol. The van der Waals surface area contributed by atoms with E-state index in [0.29, 0.717) is 30.7 Å². The predicted octanol–water partition coefficient (Wildman–Crippen LogP) is 3.35. The highest BCUT2D eigenvalue weighted by Crippen LogP contribution is 2.31. The minimum absolute atomic E-state index is 0.0575. The van der Waals surface area contributed by atoms with Crippen LogP contribution in [0.3, 0.4) is 0 Å². The zero-order valence-corrected chi connectivity index (χ0v) is 17.4. The molecule has 2 aromatic rings. The van der Waals surface area contributed by atoms with Crippen LogP contribution in [-0.2, 0) is 28.7 Å². The van der Waals surface area contributed by atoms with Gasteiger partial charge in [-0.3, -0.25) is 4.98 Å². The first-order valence-corrected chi connectivity index (χ1v) is 9.36. The molecule has 2 rings (SSSR count). The molecule has 0 unspecified atom stereocenters. The highest BCUT2D eigenvalue weighted by molar-refractivity contribution is 6.06. The number of benzene rings is 1. The van der Waals surface area contributed by atoms with Gasteiger partial charge in [-0.05, 0) is 42.9 Å². The highest BCUT2D eigenvalue weighted by atomic mass is 16.5. The second-order valence-corrected chi connectivity index (χ2v) is 7.03. The second kappa shape index (κ2) is 9.91. The molecule has 156 valence electrons. The molecule has 7 nitrogen and oxygen atoms in total. The predicted molar refractivity (Wildman–Crippen MR) is 108 cm³/mol. The first-order valence-electron chi connectivity index (χ1n) is 9.36. The molecule has 0 saturated heterocycles. The number of carbonyl (C=O) groups is 2. The number of ether oxygens (including phenoxy) is 3. The van der Waals surface area contributed by atoms with Gasteiger partial charge in [0.05, 0.1) is 38.3 Å². The number of aromatic hydroxyl groups is 1. The minimum atomic E-state index is -0.805. The van der Waals surface area contributed by atoms with Crippen molar-refractivity contribution in [3.63, 3.8) is 0 Å². The molecule has 0 amide bonds. The van der Waals surface area contributed by atoms with Crippen LogP contribution in [0.4, 0.5) is 0 Å². The van der Waals surface area contributed by atoms with Crippen LogP contribution in [0, 0.1) is 5.92 Å². The van der Waals surface area contributed by atoms with E-state index in [2.05, 4.69) is 4.98 Å². The van der Waals surface area contributed by atoms with Crippen molar-refractivity contribution in [2.45, 2.75) is 33.1 Å². The number of carbonyl (C=O) groups excluding carboxylic acids is 2. The van der Waals surface area contributed by atoms with E-state index < -0.39 is 11.9 Å². The van der Waals surface area contributed by atoms with Crippen LogP contribution in [-0.4, -0.2) is 43.4 Å². The van der Waals surface area contributed by atoms with Gasteiger partial charge in [0.1, 0.15) is 11.3 Å². The van der Waals surface area contributed by atoms with E-state index in [1.165, 1.54) is 14.2 Å². The fourth-order valence-corrected chi connectivity index (χ4v) is 3.07. The lowest BCUT2D eigenvalue weighted by Crippen LogP contribution is -2.19. The molecule has 0 spiro atoms. The summed E-state index contributed by atoms with van der Waals surface area (Å²) in [6, 6.07) is 7.55. The normalized spacial score (nSPS) is 10.7. The standard InChI is InChI=1S/C22H27NO6/c1-13(2)12-17-20(24)19(22(26)29-5)18(21(25)28-4)16(23-17)11-8-14-6-9-15(27-3)10-7-14/h6-7,9-10,13,24H,8,11-12H2,1-5H3. The maximum Gasteiger partial charge on any atom is 0.342 e. The van der Waals surface area contributed by atoms with E-state index >= 15 is 0 Å². The van der Waals surface area contributed by atoms with Gasteiger partial charge >= 0.3 is 11.9 Å². The number of hydrogen-bond donors (Lipinski definition) is 1. The van der Waals surface area contributed by atoms with Gasteiger partial charge in [-0.25, -0.2) is 9.59 Å². The zero-order valence-electron chi connectivity index (χ0n) is 17.4. The molecular weight excluding hydrogens is 374 g/mol. The van der Waals surface area contributed by atoms with Gasteiger partial charge in [0, 0.05) is 0 Å². The average Bonchev–Trinajstić information content (AvgIpc) is 2.72. The summed E-state index contributed by atoms with van der Waals surface area (Å²) in [5.41, 5.74) is 1.51. The average molecular weight is 401 g/mol. The maximum atomic E-state index is 12.5. The van der Waals surface area contributed by atoms with E-state index in [-0.39, 0.29) is 22.8 Å². The fourth-order valence-electron chi connectivity index (χ4n) is 3.07. The van der Waals surface area contributed by atoms with Gasteiger partial charge in [0.2, 0.25) is 0 Å². The van der Waals surface area contributed by atoms with E-state index in [0.717, 1.165) is 11.3 Å². The summed E-state index contributed by atoms with van der Waals surface area (Å²) in [6.07, 6.45) is 1.41. The lowest BCUT2D eigenvalue weighted by molar-refractivity contribution is 0.0550. The largest absolute Gasteiger partial charge is 0.505 e. The van der Waals surface area contributed by atoms with E-state index in [1.54, 1.807) is 7.11 Å². The van der Waals surface area contributed by atoms with Crippen molar-refractivity contribution in [1.82, 2.24) is 4.98 Å². The maximum absolute atomic E-state index is 12.5. The summed E-state index contributed by atoms with van der Waals surface area (Å²) in [5, 5.41) is 10.6. The van der Waals surface area contributed by atoms with Crippen molar-refractivity contribution < 1.29 is 28.9 Å². The molecule has 1 aromatic carbocycles. The van der Waals surface area contributed by atoms with Gasteiger partial charge in [0.25, 0.3) is 0 Å². The Bertz CT molecular complexity index is 874. The van der Waals surface area contributed by atoms with Gasteiger partial charge in [-0.15, -0.1) is 0 Å². The molecule has 29 heavy (non-hydrogen) atoms. The Kier molecular flexibility index (Phi) is 7.59. The van der Waals surface area contributed by atoms with Gasteiger partial charge in [0.15, 0.2) is 5.75 Å². The van der Waals surface area contributed by atoms with Crippen molar-refractivity contribution in [1.29, 1.82) is 0 Å². The van der Waals surface area contributed by atoms with Crippen LogP contribution in [0.2, 0.25) is 0 Å². The summed E-state index contributed by atoms with van der Waals surface area (Å²) in [4.78, 5) is 29.4. The number of esters is 2. The molecule has 1 heterocycles. The van der Waals surface area contributed by atoms with Gasteiger partial charge < -0.3 is 19.3 Å². The number of aromatic nitrogens is 1. The third-order valence-corrected chi connectivity index (χ3v) is 4.51. The first-order chi connectivity index (χ1) is 13.8. The van der Waals surface area contributed by atoms with Crippen molar-refractivity contribution in [2.24, 2.45) is 5.92 Å². The highest BCUT2D eigenvalue weighted by Gasteiger charge is 2.30. The lowest BCUT2D eigenvalue weighted by Gasteiger charge is -2.17. The Morgan fingerprint density at radius 3 is 2.03 bits per heavy atom. The van der Waals surface area contributed by atoms with E-state index in [1.807, 2.05) is 38.1 Å². The number of hydrogen-bond acceptors (Lipinski definition) is 7. The summed E-state index contributed by atoms with van der Waals surface area (Å²) in [5.74, 6) is -0.939. The Labute approximate surface area is 170 Å². The molecule has 1 N–H and O–H groups in total. The molecule has 7 heteroatoms. The molecule has 0 aliphatic rings. The quantitative estimate of drug-likeness (QED) is 0.678. The summed E-state index contributed by atoms with van der Waals surface area (Å²) >= 11 is 0. The number of rotatable bonds is 8. The third-order valence-electron chi connectivity index (χ3n) is 4.51. The molecule has 0 saturated carbocycles. The van der Waals surface area contributed by atoms with Crippen molar-refractivity contribution in [2.75, 3.05) is 21.3 Å². The summed E-state index contributed by atoms with van der Waals surface area (Å²) in [7, 11) is 4.01. The molecule has 0 fully saturated rings. The third kappa shape index (κ3) is 5.25. The topological polar surface area (TPSA) is 95.0 Å². The smallest absolute Gasteiger partial charge is 0.342 e. The summed E-state index contributed by atoms with van der Waals surface area (Å²) in [6.45, 7) is 3.95. The number of pyridine rings is 1. The lowest BCUT2D eigenvalue weighted by atomic mass is 9.96. The SMILES string of the molecule is COC(=O)c1c(CCc2ccc(OC)cc2)nc(CC(C)C)c(O)c1C(=O)OC. The molecule has 1 aromatic heterocycles. The van der Waals surface area contributed by atoms with Crippen LogP contribution in [0.15, 0.2) is 24.3 Å². The Morgan fingerprint density at radius 1 is 0.931 bits per heavy atom. The Balaban J connectivity index is 2.53. The van der Waals surface area contributed by atoms with E-state index in [9.17, 15) is 14.7 Å². The van der Waals surface area contributed by atoms with Crippen LogP contribution in [0.1, 0.15) is 51.5 Å². The molecule has 0 atom stereocenters. The van der Waals surface area contributed by atoms with Crippen molar-refractivity contribution in [3.05, 3.63) is 52.3 Å². The Morgan fingerprint density at radius 2 is 1.52 bits per heavy atom. The van der Waals surface area contributed by atoms with Crippen molar-refractivity contribution >= 4 is 11.9 Å². The molecular formula is C22H27NO6. The molecule has 0 aliphatic carbocycles. The molecule has 0 radical (unpaired) electrons. The first kappa shape index (κ1) is 22.2. The zero-order chi connectivity index (χ0) is 21.6. The number of nitrogens with zero attached hydrogens (tertiary/aromatic N) is 1. The summed E-state index contributed by atoms with van der Waals surface area (Å²) < 4.78 is 14.8. The van der Waals surface area contributed by atoms with Crippen LogP contribution >= 0.6 is 0 Å². The number of methoxy groups -OCH3 is 3. The fraction of sp³-hybridized carbons (Fsp3) is 0.409. The Hall–Kier alpha value is -3.09. The van der Waals surface area contributed by atoms with Crippen LogP contribution < -0.4 is 4.74 Å². The number of aryl methyl sites for hydroxylation is 2. The second-order valence-electron chi connectivity index (χ2n) is 7.03. The van der Waals surface area contributed by atoms with Crippen LogP contribution in [0.5, 0.6) is 11.5 Å². The molecule has 0 bridgehead atoms. The minimum Gasteiger partial charge on any atom is -0.505 e. The van der Waals surface area contributed by atoms with Crippen molar-refractivity contribution in [3.8, 4) is 11.5 Å². The van der Waals surface area contributed by atoms with Gasteiger partial charge in [-0.1, -0.05) is 26.0 Å². The van der Waals surface area contributed by atoms with Gasteiger partial charge in [-0.2, -0.15) is 0 Å². The molecule has 0 aliphatic heterocycles.